The second-order valence-corrected chi connectivity index (χ2v) is 6.27. The van der Waals surface area contributed by atoms with Crippen molar-refractivity contribution in [3.63, 3.8) is 0 Å². The minimum atomic E-state index is -1.01. The van der Waals surface area contributed by atoms with Crippen LogP contribution in [0.25, 0.3) is 10.8 Å². The highest BCUT2D eigenvalue weighted by atomic mass is 16.5. The van der Waals surface area contributed by atoms with Crippen molar-refractivity contribution < 1.29 is 19.4 Å². The average Bonchev–Trinajstić information content (AvgIpc) is 2.61. The molecule has 1 fully saturated rings. The molecule has 2 N–H and O–H groups in total. The molecule has 0 aliphatic carbocycles. The van der Waals surface area contributed by atoms with Crippen LogP contribution in [0.4, 0.5) is 4.79 Å². The van der Waals surface area contributed by atoms with Crippen molar-refractivity contribution in [2.45, 2.75) is 25.4 Å². The predicted molar refractivity (Wildman–Crippen MR) is 94.5 cm³/mol. The summed E-state index contributed by atoms with van der Waals surface area (Å²) in [4.78, 5) is 25.0. The molecular formula is C19H22N2O4. The highest BCUT2D eigenvalue weighted by Gasteiger charge is 2.29. The van der Waals surface area contributed by atoms with Gasteiger partial charge in [0.25, 0.3) is 0 Å². The summed E-state index contributed by atoms with van der Waals surface area (Å²) in [7, 11) is 0. The van der Waals surface area contributed by atoms with Gasteiger partial charge in [0, 0.05) is 13.0 Å². The fourth-order valence-corrected chi connectivity index (χ4v) is 3.30. The number of morpholine rings is 1. The summed E-state index contributed by atoms with van der Waals surface area (Å²) in [5.41, 5.74) is 1.04. The molecule has 1 heterocycles. The molecule has 0 bridgehead atoms. The number of rotatable bonds is 4. The molecule has 2 aromatic rings. The van der Waals surface area contributed by atoms with Crippen LogP contribution in [-0.2, 0) is 9.53 Å². The molecule has 1 saturated heterocycles. The second-order valence-electron chi connectivity index (χ2n) is 6.27. The molecule has 2 atom stereocenters. The molecule has 132 valence electrons. The van der Waals surface area contributed by atoms with Crippen molar-refractivity contribution in [3.05, 3.63) is 48.0 Å². The van der Waals surface area contributed by atoms with Crippen LogP contribution in [0, 0.1) is 0 Å². The molecule has 0 saturated carbocycles. The first-order valence-corrected chi connectivity index (χ1v) is 8.40. The van der Waals surface area contributed by atoms with E-state index < -0.39 is 12.1 Å². The minimum Gasteiger partial charge on any atom is -0.465 e. The SMILES string of the molecule is C[C@@H](NC(=O)CC1COCCN1C(=O)O)c1cccc2ccccc12. The summed E-state index contributed by atoms with van der Waals surface area (Å²) in [6.45, 7) is 2.86. The maximum absolute atomic E-state index is 12.4. The number of carbonyl (C=O) groups is 2. The molecule has 0 spiro atoms. The van der Waals surface area contributed by atoms with Crippen LogP contribution < -0.4 is 5.32 Å². The first-order valence-electron chi connectivity index (χ1n) is 8.40. The smallest absolute Gasteiger partial charge is 0.407 e. The summed E-state index contributed by atoms with van der Waals surface area (Å²) in [5, 5.41) is 14.4. The molecule has 1 unspecified atom stereocenters. The summed E-state index contributed by atoms with van der Waals surface area (Å²) >= 11 is 0. The van der Waals surface area contributed by atoms with E-state index in [1.807, 2.05) is 49.4 Å². The maximum Gasteiger partial charge on any atom is 0.407 e. The number of carboxylic acid groups (broad SMARTS) is 1. The van der Waals surface area contributed by atoms with Crippen LogP contribution in [0.1, 0.15) is 24.9 Å². The van der Waals surface area contributed by atoms with Gasteiger partial charge in [-0.15, -0.1) is 0 Å². The number of carbonyl (C=O) groups excluding carboxylic acids is 1. The lowest BCUT2D eigenvalue weighted by Crippen LogP contribution is -2.50. The van der Waals surface area contributed by atoms with Crippen molar-refractivity contribution in [1.82, 2.24) is 10.2 Å². The fourth-order valence-electron chi connectivity index (χ4n) is 3.30. The Bertz CT molecular complexity index is 772. The Morgan fingerprint density at radius 3 is 2.84 bits per heavy atom. The zero-order valence-corrected chi connectivity index (χ0v) is 14.1. The topological polar surface area (TPSA) is 78.9 Å². The van der Waals surface area contributed by atoms with Crippen molar-refractivity contribution in [2.75, 3.05) is 19.8 Å². The van der Waals surface area contributed by atoms with E-state index in [-0.39, 0.29) is 25.0 Å². The Labute approximate surface area is 146 Å². The van der Waals surface area contributed by atoms with Crippen LogP contribution >= 0.6 is 0 Å². The zero-order valence-electron chi connectivity index (χ0n) is 14.1. The van der Waals surface area contributed by atoms with Gasteiger partial charge < -0.3 is 20.1 Å². The zero-order chi connectivity index (χ0) is 17.8. The quantitative estimate of drug-likeness (QED) is 0.895. The van der Waals surface area contributed by atoms with E-state index in [4.69, 9.17) is 4.74 Å². The first-order chi connectivity index (χ1) is 12.1. The van der Waals surface area contributed by atoms with Crippen LogP contribution in [0.5, 0.6) is 0 Å². The van der Waals surface area contributed by atoms with Gasteiger partial charge in [-0.1, -0.05) is 42.5 Å². The number of hydrogen-bond acceptors (Lipinski definition) is 3. The fraction of sp³-hybridized carbons (Fsp3) is 0.368. The standard InChI is InChI=1S/C19H22N2O4/c1-13(16-8-4-6-14-5-2-3-7-17(14)16)20-18(22)11-15-12-25-10-9-21(15)19(23)24/h2-8,13,15H,9-12H2,1H3,(H,20,22)(H,23,24)/t13-,15?/m1/s1. The van der Waals surface area contributed by atoms with E-state index in [1.165, 1.54) is 4.90 Å². The molecule has 1 aliphatic rings. The molecule has 0 radical (unpaired) electrons. The summed E-state index contributed by atoms with van der Waals surface area (Å²) < 4.78 is 5.33. The third-order valence-corrected chi connectivity index (χ3v) is 4.56. The first kappa shape index (κ1) is 17.2. The van der Waals surface area contributed by atoms with Crippen LogP contribution in [0.3, 0.4) is 0 Å². The van der Waals surface area contributed by atoms with E-state index >= 15 is 0 Å². The van der Waals surface area contributed by atoms with Gasteiger partial charge in [0.2, 0.25) is 5.91 Å². The predicted octanol–water partition coefficient (Wildman–Crippen LogP) is 2.79. The number of amides is 2. The molecule has 0 aromatic heterocycles. The van der Waals surface area contributed by atoms with Gasteiger partial charge in [-0.05, 0) is 23.3 Å². The Morgan fingerprint density at radius 2 is 2.04 bits per heavy atom. The lowest BCUT2D eigenvalue weighted by molar-refractivity contribution is -0.124. The van der Waals surface area contributed by atoms with Gasteiger partial charge in [0.05, 0.1) is 25.3 Å². The third-order valence-electron chi connectivity index (χ3n) is 4.56. The van der Waals surface area contributed by atoms with Gasteiger partial charge in [-0.2, -0.15) is 0 Å². The second kappa shape index (κ2) is 7.53. The van der Waals surface area contributed by atoms with Crippen LogP contribution in [0.2, 0.25) is 0 Å². The third kappa shape index (κ3) is 3.91. The number of benzene rings is 2. The number of fused-ring (bicyclic) bond motifs is 1. The number of nitrogens with zero attached hydrogens (tertiary/aromatic N) is 1. The van der Waals surface area contributed by atoms with Gasteiger partial charge in [0.15, 0.2) is 0 Å². The number of hydrogen-bond donors (Lipinski definition) is 2. The Hall–Kier alpha value is -2.60. The Morgan fingerprint density at radius 1 is 1.28 bits per heavy atom. The van der Waals surface area contributed by atoms with Crippen LogP contribution in [-0.4, -0.2) is 47.8 Å². The summed E-state index contributed by atoms with van der Waals surface area (Å²) in [5.74, 6) is -0.179. The lowest BCUT2D eigenvalue weighted by Gasteiger charge is -2.33. The largest absolute Gasteiger partial charge is 0.465 e. The number of ether oxygens (including phenoxy) is 1. The van der Waals surface area contributed by atoms with E-state index in [0.717, 1.165) is 16.3 Å². The summed E-state index contributed by atoms with van der Waals surface area (Å²) in [6, 6.07) is 13.4. The summed E-state index contributed by atoms with van der Waals surface area (Å²) in [6.07, 6.45) is -0.912. The normalized spacial score (nSPS) is 18.8. The molecule has 2 amide bonds. The van der Waals surface area contributed by atoms with Crippen molar-refractivity contribution in [3.8, 4) is 0 Å². The molecule has 2 aromatic carbocycles. The van der Waals surface area contributed by atoms with E-state index in [0.29, 0.717) is 13.2 Å². The molecule has 1 aliphatic heterocycles. The Kier molecular flexibility index (Phi) is 5.19. The Balaban J connectivity index is 1.68. The van der Waals surface area contributed by atoms with Crippen molar-refractivity contribution >= 4 is 22.8 Å². The highest BCUT2D eigenvalue weighted by molar-refractivity contribution is 5.87. The number of nitrogens with one attached hydrogen (secondary N) is 1. The van der Waals surface area contributed by atoms with Crippen molar-refractivity contribution in [2.24, 2.45) is 0 Å². The molecular weight excluding hydrogens is 320 g/mol. The molecule has 6 heteroatoms. The van der Waals surface area contributed by atoms with Gasteiger partial charge >= 0.3 is 6.09 Å². The highest BCUT2D eigenvalue weighted by Crippen LogP contribution is 2.24. The van der Waals surface area contributed by atoms with Gasteiger partial charge in [0.1, 0.15) is 0 Å². The molecule has 25 heavy (non-hydrogen) atoms. The monoisotopic (exact) mass is 342 g/mol. The van der Waals surface area contributed by atoms with Gasteiger partial charge in [-0.25, -0.2) is 4.79 Å². The van der Waals surface area contributed by atoms with E-state index in [9.17, 15) is 14.7 Å². The van der Waals surface area contributed by atoms with Crippen molar-refractivity contribution in [1.29, 1.82) is 0 Å². The van der Waals surface area contributed by atoms with Crippen LogP contribution in [0.15, 0.2) is 42.5 Å². The lowest BCUT2D eigenvalue weighted by atomic mass is 9.99. The van der Waals surface area contributed by atoms with Gasteiger partial charge in [-0.3, -0.25) is 4.79 Å². The molecule has 3 rings (SSSR count). The van der Waals surface area contributed by atoms with E-state index in [2.05, 4.69) is 5.32 Å². The molecule has 6 nitrogen and oxygen atoms in total. The van der Waals surface area contributed by atoms with E-state index in [1.54, 1.807) is 0 Å². The minimum absolute atomic E-state index is 0.0986. The average molecular weight is 342 g/mol. The maximum atomic E-state index is 12.4.